The monoisotopic (exact) mass is 283 g/mol. The second-order valence-corrected chi connectivity index (χ2v) is 5.08. The van der Waals surface area contributed by atoms with Crippen LogP contribution in [0.1, 0.15) is 30.8 Å². The summed E-state index contributed by atoms with van der Waals surface area (Å²) in [6, 6.07) is 13.6. The second-order valence-electron chi connectivity index (χ2n) is 5.08. The molecular weight excluding hydrogens is 262 g/mol. The minimum Gasteiger partial charge on any atom is -0.382 e. The molecule has 0 saturated heterocycles. The first-order valence-corrected chi connectivity index (χ1v) is 7.17. The Labute approximate surface area is 125 Å². The molecule has 110 valence electrons. The van der Waals surface area contributed by atoms with Crippen LogP contribution in [0.25, 0.3) is 0 Å². The van der Waals surface area contributed by atoms with E-state index in [9.17, 15) is 4.79 Å². The Bertz CT molecular complexity index is 598. The van der Waals surface area contributed by atoms with Crippen molar-refractivity contribution in [1.82, 2.24) is 4.98 Å². The number of anilines is 2. The van der Waals surface area contributed by atoms with Gasteiger partial charge >= 0.3 is 0 Å². The highest BCUT2D eigenvalue weighted by atomic mass is 16.2. The number of hydrogen-bond acceptors (Lipinski definition) is 3. The van der Waals surface area contributed by atoms with Crippen molar-refractivity contribution in [1.29, 1.82) is 0 Å². The molecular formula is C17H21N3O. The maximum Gasteiger partial charge on any atom is 0.276 e. The van der Waals surface area contributed by atoms with Gasteiger partial charge in [-0.3, -0.25) is 9.78 Å². The molecule has 4 nitrogen and oxygen atoms in total. The number of amides is 1. The van der Waals surface area contributed by atoms with Crippen LogP contribution < -0.4 is 10.2 Å². The summed E-state index contributed by atoms with van der Waals surface area (Å²) < 4.78 is 0. The van der Waals surface area contributed by atoms with Gasteiger partial charge in [0, 0.05) is 30.7 Å². The van der Waals surface area contributed by atoms with Gasteiger partial charge < -0.3 is 10.2 Å². The Hall–Kier alpha value is -2.36. The van der Waals surface area contributed by atoms with Crippen LogP contribution in [0.2, 0.25) is 0 Å². The lowest BCUT2D eigenvalue weighted by Gasteiger charge is -2.18. The number of rotatable bonds is 5. The van der Waals surface area contributed by atoms with E-state index >= 15 is 0 Å². The number of hydrogen-bond donors (Lipinski definition) is 1. The van der Waals surface area contributed by atoms with Gasteiger partial charge in [-0.2, -0.15) is 0 Å². The summed E-state index contributed by atoms with van der Waals surface area (Å²) in [7, 11) is 1.76. The van der Waals surface area contributed by atoms with E-state index in [1.807, 2.05) is 36.4 Å². The molecule has 0 spiro atoms. The van der Waals surface area contributed by atoms with Gasteiger partial charge in [-0.05, 0) is 37.6 Å². The summed E-state index contributed by atoms with van der Waals surface area (Å²) in [4.78, 5) is 18.3. The van der Waals surface area contributed by atoms with Crippen molar-refractivity contribution in [3.05, 3.63) is 54.4 Å². The molecule has 0 aliphatic rings. The zero-order valence-electron chi connectivity index (χ0n) is 12.7. The van der Waals surface area contributed by atoms with Gasteiger partial charge in [0.15, 0.2) is 0 Å². The average molecular weight is 283 g/mol. The van der Waals surface area contributed by atoms with Crippen LogP contribution in [-0.4, -0.2) is 24.0 Å². The molecule has 0 bridgehead atoms. The van der Waals surface area contributed by atoms with Gasteiger partial charge in [0.05, 0.1) is 0 Å². The van der Waals surface area contributed by atoms with Gasteiger partial charge in [-0.25, -0.2) is 0 Å². The summed E-state index contributed by atoms with van der Waals surface area (Å²) in [5.74, 6) is -0.117. The number of benzene rings is 1. The summed E-state index contributed by atoms with van der Waals surface area (Å²) in [5, 5.41) is 3.35. The Morgan fingerprint density at radius 3 is 2.67 bits per heavy atom. The van der Waals surface area contributed by atoms with E-state index in [2.05, 4.69) is 24.1 Å². The van der Waals surface area contributed by atoms with Crippen LogP contribution in [0, 0.1) is 0 Å². The predicted molar refractivity (Wildman–Crippen MR) is 86.8 cm³/mol. The number of pyridine rings is 1. The topological polar surface area (TPSA) is 45.2 Å². The van der Waals surface area contributed by atoms with Crippen molar-refractivity contribution in [2.75, 3.05) is 17.3 Å². The van der Waals surface area contributed by atoms with Crippen molar-refractivity contribution in [3.63, 3.8) is 0 Å². The highest BCUT2D eigenvalue weighted by Gasteiger charge is 2.15. The molecule has 4 heteroatoms. The fourth-order valence-corrected chi connectivity index (χ4v) is 1.96. The predicted octanol–water partition coefficient (Wildman–Crippen LogP) is 3.57. The number of nitrogens with one attached hydrogen (secondary N) is 1. The molecule has 1 unspecified atom stereocenters. The molecule has 1 heterocycles. The van der Waals surface area contributed by atoms with E-state index in [-0.39, 0.29) is 5.91 Å². The van der Waals surface area contributed by atoms with Crippen LogP contribution in [0.3, 0.4) is 0 Å². The summed E-state index contributed by atoms with van der Waals surface area (Å²) >= 11 is 0. The standard InChI is InChI=1S/C17H21N3O/c1-4-13(2)19-14-10-11-18-16(12-14)17(21)20(3)15-8-6-5-7-9-15/h5-13H,4H2,1-3H3,(H,18,19). The molecule has 0 saturated carbocycles. The molecule has 1 atom stereocenters. The molecule has 0 radical (unpaired) electrons. The van der Waals surface area contributed by atoms with Crippen LogP contribution in [-0.2, 0) is 0 Å². The molecule has 0 aliphatic heterocycles. The summed E-state index contributed by atoms with van der Waals surface area (Å²) in [6.45, 7) is 4.23. The van der Waals surface area contributed by atoms with Crippen LogP contribution in [0.15, 0.2) is 48.7 Å². The third kappa shape index (κ3) is 3.81. The fraction of sp³-hybridized carbons (Fsp3) is 0.294. The van der Waals surface area contributed by atoms with E-state index in [1.54, 1.807) is 24.2 Å². The Kier molecular flexibility index (Phi) is 4.93. The minimum absolute atomic E-state index is 0.117. The van der Waals surface area contributed by atoms with Gasteiger partial charge in [0.2, 0.25) is 0 Å². The Morgan fingerprint density at radius 2 is 2.00 bits per heavy atom. The number of aromatic nitrogens is 1. The highest BCUT2D eigenvalue weighted by Crippen LogP contribution is 2.16. The van der Waals surface area contributed by atoms with Crippen molar-refractivity contribution >= 4 is 17.3 Å². The fourth-order valence-electron chi connectivity index (χ4n) is 1.96. The maximum absolute atomic E-state index is 12.5. The highest BCUT2D eigenvalue weighted by molar-refractivity contribution is 6.04. The molecule has 1 amide bonds. The summed E-state index contributed by atoms with van der Waals surface area (Å²) in [5.41, 5.74) is 2.21. The quantitative estimate of drug-likeness (QED) is 0.912. The van der Waals surface area contributed by atoms with E-state index in [0.29, 0.717) is 11.7 Å². The number of para-hydroxylation sites is 1. The third-order valence-corrected chi connectivity index (χ3v) is 3.45. The smallest absolute Gasteiger partial charge is 0.276 e. The average Bonchev–Trinajstić information content (AvgIpc) is 2.54. The normalized spacial score (nSPS) is 11.8. The summed E-state index contributed by atoms with van der Waals surface area (Å²) in [6.07, 6.45) is 2.69. The zero-order chi connectivity index (χ0) is 15.2. The van der Waals surface area contributed by atoms with E-state index in [1.165, 1.54) is 0 Å². The van der Waals surface area contributed by atoms with Gasteiger partial charge in [0.25, 0.3) is 5.91 Å². The molecule has 2 rings (SSSR count). The molecule has 21 heavy (non-hydrogen) atoms. The lowest BCUT2D eigenvalue weighted by atomic mass is 10.2. The van der Waals surface area contributed by atoms with Crippen LogP contribution in [0.5, 0.6) is 0 Å². The minimum atomic E-state index is -0.117. The van der Waals surface area contributed by atoms with Crippen LogP contribution in [0.4, 0.5) is 11.4 Å². The lowest BCUT2D eigenvalue weighted by Crippen LogP contribution is -2.27. The Morgan fingerprint density at radius 1 is 1.29 bits per heavy atom. The van der Waals surface area contributed by atoms with Crippen molar-refractivity contribution in [2.45, 2.75) is 26.3 Å². The molecule has 0 fully saturated rings. The van der Waals surface area contributed by atoms with E-state index < -0.39 is 0 Å². The molecule has 1 aromatic carbocycles. The van der Waals surface area contributed by atoms with E-state index in [4.69, 9.17) is 0 Å². The first-order chi connectivity index (χ1) is 10.1. The molecule has 0 aliphatic carbocycles. The molecule has 1 aromatic heterocycles. The number of carbonyl (C=O) groups excluding carboxylic acids is 1. The molecule has 2 aromatic rings. The largest absolute Gasteiger partial charge is 0.382 e. The van der Waals surface area contributed by atoms with Crippen molar-refractivity contribution in [2.24, 2.45) is 0 Å². The third-order valence-electron chi connectivity index (χ3n) is 3.45. The zero-order valence-corrected chi connectivity index (χ0v) is 12.7. The number of nitrogens with zero attached hydrogens (tertiary/aromatic N) is 2. The van der Waals surface area contributed by atoms with Crippen LogP contribution >= 0.6 is 0 Å². The second kappa shape index (κ2) is 6.88. The maximum atomic E-state index is 12.5. The first kappa shape index (κ1) is 15.0. The molecule has 1 N–H and O–H groups in total. The van der Waals surface area contributed by atoms with Gasteiger partial charge in [-0.15, -0.1) is 0 Å². The Balaban J connectivity index is 2.17. The van der Waals surface area contributed by atoms with E-state index in [0.717, 1.165) is 17.8 Å². The van der Waals surface area contributed by atoms with Gasteiger partial charge in [0.1, 0.15) is 5.69 Å². The van der Waals surface area contributed by atoms with Gasteiger partial charge in [-0.1, -0.05) is 25.1 Å². The first-order valence-electron chi connectivity index (χ1n) is 7.17. The SMILES string of the molecule is CCC(C)Nc1ccnc(C(=O)N(C)c2ccccc2)c1. The van der Waals surface area contributed by atoms with Crippen molar-refractivity contribution in [3.8, 4) is 0 Å². The van der Waals surface area contributed by atoms with Crippen molar-refractivity contribution < 1.29 is 4.79 Å². The number of carbonyl (C=O) groups is 1. The lowest BCUT2D eigenvalue weighted by molar-refractivity contribution is 0.0988.